The number of carbonyl (C=O) groups excluding carboxylic acids is 3. The van der Waals surface area contributed by atoms with E-state index in [0.717, 1.165) is 16.7 Å². The summed E-state index contributed by atoms with van der Waals surface area (Å²) in [6, 6.07) is 6.54. The maximum absolute atomic E-state index is 12.3. The first-order valence-electron chi connectivity index (χ1n) is 12.4. The quantitative estimate of drug-likeness (QED) is 0.432. The molecule has 0 heterocycles. The number of ketones is 1. The molecule has 40 heavy (non-hydrogen) atoms. The highest BCUT2D eigenvalue weighted by Crippen LogP contribution is 2.42. The Kier molecular flexibility index (Phi) is 9.47. The summed E-state index contributed by atoms with van der Waals surface area (Å²) in [6.07, 6.45) is 0.567. The highest BCUT2D eigenvalue weighted by molar-refractivity contribution is 6.05. The van der Waals surface area contributed by atoms with Crippen molar-refractivity contribution in [1.29, 1.82) is 0 Å². The first kappa shape index (κ1) is 30.1. The molecule has 10 heteroatoms. The fraction of sp³-hybridized carbons (Fsp3) is 0.367. The van der Waals surface area contributed by atoms with Crippen LogP contribution in [0.3, 0.4) is 0 Å². The molecule has 0 spiro atoms. The van der Waals surface area contributed by atoms with Gasteiger partial charge in [-0.3, -0.25) is 9.59 Å². The van der Waals surface area contributed by atoms with Crippen molar-refractivity contribution in [3.05, 3.63) is 52.1 Å². The number of ether oxygens (including phenoxy) is 6. The van der Waals surface area contributed by atoms with Gasteiger partial charge in [0.1, 0.15) is 28.7 Å². The van der Waals surface area contributed by atoms with Crippen LogP contribution in [0.15, 0.2) is 24.3 Å². The van der Waals surface area contributed by atoms with E-state index in [1.807, 2.05) is 13.8 Å². The Balaban J connectivity index is 0.000000220. The number of benzene rings is 3. The smallest absolute Gasteiger partial charge is 0.338 e. The molecule has 0 amide bonds. The summed E-state index contributed by atoms with van der Waals surface area (Å²) in [7, 11) is 8.76. The maximum Gasteiger partial charge on any atom is 0.338 e. The Hall–Kier alpha value is -4.47. The van der Waals surface area contributed by atoms with Gasteiger partial charge in [0.2, 0.25) is 0 Å². The van der Waals surface area contributed by atoms with E-state index < -0.39 is 11.9 Å². The van der Waals surface area contributed by atoms with E-state index in [1.165, 1.54) is 41.6 Å². The van der Waals surface area contributed by atoms with Crippen LogP contribution in [-0.4, -0.2) is 65.5 Å². The summed E-state index contributed by atoms with van der Waals surface area (Å²) >= 11 is 0. The lowest BCUT2D eigenvalue weighted by Gasteiger charge is -2.26. The van der Waals surface area contributed by atoms with E-state index >= 15 is 0 Å². The molecule has 1 atom stereocenters. The number of aryl methyl sites for hydroxylation is 2. The fourth-order valence-corrected chi connectivity index (χ4v) is 5.04. The van der Waals surface area contributed by atoms with Crippen molar-refractivity contribution in [2.24, 2.45) is 5.92 Å². The van der Waals surface area contributed by atoms with Crippen LogP contribution in [0.1, 0.15) is 43.8 Å². The number of Topliss-reactive ketones (excluding diaryl/α,β-unsaturated/α-hetero) is 1. The zero-order valence-corrected chi connectivity index (χ0v) is 23.9. The minimum Gasteiger partial charge on any atom is -0.507 e. The topological polar surface area (TPSA) is 127 Å². The number of esters is 2. The monoisotopic (exact) mass is 554 g/mol. The molecule has 1 unspecified atom stereocenters. The number of fused-ring (bicyclic) bond motifs is 2. The highest BCUT2D eigenvalue weighted by Gasteiger charge is 2.35. The van der Waals surface area contributed by atoms with Crippen LogP contribution in [0, 0.1) is 19.8 Å². The van der Waals surface area contributed by atoms with Crippen molar-refractivity contribution in [3.63, 3.8) is 0 Å². The predicted molar refractivity (Wildman–Crippen MR) is 147 cm³/mol. The second kappa shape index (κ2) is 12.6. The molecule has 0 saturated carbocycles. The van der Waals surface area contributed by atoms with Crippen LogP contribution in [0.2, 0.25) is 0 Å². The largest absolute Gasteiger partial charge is 0.507 e. The van der Waals surface area contributed by atoms with Gasteiger partial charge in [0.25, 0.3) is 0 Å². The van der Waals surface area contributed by atoms with Crippen molar-refractivity contribution >= 4 is 28.5 Å². The van der Waals surface area contributed by atoms with Gasteiger partial charge >= 0.3 is 11.9 Å². The summed E-state index contributed by atoms with van der Waals surface area (Å²) in [5.41, 5.74) is 3.23. The molecule has 214 valence electrons. The molecule has 10 nitrogen and oxygen atoms in total. The Morgan fingerprint density at radius 1 is 0.775 bits per heavy atom. The number of rotatable bonds is 6. The van der Waals surface area contributed by atoms with Crippen LogP contribution in [0.25, 0.3) is 10.8 Å². The van der Waals surface area contributed by atoms with Gasteiger partial charge in [0, 0.05) is 17.4 Å². The van der Waals surface area contributed by atoms with E-state index in [2.05, 4.69) is 4.74 Å². The van der Waals surface area contributed by atoms with Gasteiger partial charge in [-0.05, 0) is 55.7 Å². The molecule has 0 bridgehead atoms. The number of hydrogen-bond acceptors (Lipinski definition) is 10. The summed E-state index contributed by atoms with van der Waals surface area (Å²) in [4.78, 5) is 35.7. The Morgan fingerprint density at radius 3 is 1.93 bits per heavy atom. The SMILES string of the molecule is COC(=O)C1CC(=O)c2c(OC)cc(C)c(OC)c2C1.COC(=O)c1cc(O)c2c(OC)cc(C)c(OC)c2c1. The van der Waals surface area contributed by atoms with Crippen LogP contribution < -0.4 is 18.9 Å². The molecule has 3 aromatic rings. The lowest BCUT2D eigenvalue weighted by molar-refractivity contribution is -0.145. The van der Waals surface area contributed by atoms with Gasteiger partial charge in [-0.15, -0.1) is 0 Å². The minimum absolute atomic E-state index is 0.0574. The zero-order valence-electron chi connectivity index (χ0n) is 23.9. The van der Waals surface area contributed by atoms with E-state index in [0.29, 0.717) is 45.8 Å². The average Bonchev–Trinajstić information content (AvgIpc) is 2.95. The van der Waals surface area contributed by atoms with Crippen molar-refractivity contribution in [3.8, 4) is 28.7 Å². The molecule has 1 aliphatic carbocycles. The Labute approximate surface area is 232 Å². The Morgan fingerprint density at radius 2 is 1.38 bits per heavy atom. The van der Waals surface area contributed by atoms with Gasteiger partial charge in [-0.1, -0.05) is 0 Å². The third-order valence-corrected chi connectivity index (χ3v) is 6.81. The van der Waals surface area contributed by atoms with Crippen LogP contribution >= 0.6 is 0 Å². The van der Waals surface area contributed by atoms with Gasteiger partial charge in [-0.25, -0.2) is 4.79 Å². The van der Waals surface area contributed by atoms with E-state index in [9.17, 15) is 19.5 Å². The van der Waals surface area contributed by atoms with Gasteiger partial charge < -0.3 is 33.5 Å². The van der Waals surface area contributed by atoms with Crippen LogP contribution in [-0.2, 0) is 20.7 Å². The molecule has 0 aliphatic heterocycles. The van der Waals surface area contributed by atoms with E-state index in [-0.39, 0.29) is 29.5 Å². The standard InChI is InChI=1S/C15H18O5.C15H16O5/c2*1-8-5-12(18-2)13-10(14(8)19-3)6-9(7-11(13)16)15(17)20-4/h5,9H,6-7H2,1-4H3;5-7,16H,1-4H3. The fourth-order valence-electron chi connectivity index (χ4n) is 5.04. The third kappa shape index (κ3) is 5.61. The number of phenolic OH excluding ortho intramolecular Hbond substituents is 1. The zero-order chi connectivity index (χ0) is 29.7. The van der Waals surface area contributed by atoms with Gasteiger partial charge in [0.05, 0.1) is 65.1 Å². The molecule has 0 saturated heterocycles. The first-order chi connectivity index (χ1) is 19.1. The molecular weight excluding hydrogens is 520 g/mol. The van der Waals surface area contributed by atoms with E-state index in [4.69, 9.17) is 23.7 Å². The summed E-state index contributed by atoms with van der Waals surface area (Å²) < 4.78 is 30.8. The van der Waals surface area contributed by atoms with Gasteiger partial charge in [0.15, 0.2) is 5.78 Å². The molecule has 4 rings (SSSR count). The predicted octanol–water partition coefficient (Wildman–Crippen LogP) is 4.59. The van der Waals surface area contributed by atoms with Crippen molar-refractivity contribution in [1.82, 2.24) is 0 Å². The van der Waals surface area contributed by atoms with Crippen LogP contribution in [0.5, 0.6) is 28.7 Å². The molecule has 3 aromatic carbocycles. The minimum atomic E-state index is -0.523. The van der Waals surface area contributed by atoms with Gasteiger partial charge in [-0.2, -0.15) is 0 Å². The summed E-state index contributed by atoms with van der Waals surface area (Å²) in [6.45, 7) is 3.75. The molecule has 0 radical (unpaired) electrons. The highest BCUT2D eigenvalue weighted by atomic mass is 16.5. The van der Waals surface area contributed by atoms with Crippen molar-refractivity contribution in [2.45, 2.75) is 26.7 Å². The molecular formula is C30H34O10. The van der Waals surface area contributed by atoms with E-state index in [1.54, 1.807) is 25.3 Å². The molecule has 0 aromatic heterocycles. The van der Waals surface area contributed by atoms with Crippen molar-refractivity contribution < 1.29 is 47.9 Å². The lowest BCUT2D eigenvalue weighted by Crippen LogP contribution is -2.28. The number of aromatic hydroxyl groups is 1. The normalized spacial score (nSPS) is 13.9. The summed E-state index contributed by atoms with van der Waals surface area (Å²) in [5.74, 6) is 0.759. The Bertz CT molecular complexity index is 1460. The molecule has 1 aliphatic rings. The molecule has 0 fully saturated rings. The number of carbonyl (C=O) groups is 3. The van der Waals surface area contributed by atoms with Crippen molar-refractivity contribution in [2.75, 3.05) is 42.7 Å². The maximum atomic E-state index is 12.3. The first-order valence-corrected chi connectivity index (χ1v) is 12.4. The second-order valence-corrected chi connectivity index (χ2v) is 9.17. The lowest BCUT2D eigenvalue weighted by atomic mass is 9.81. The average molecular weight is 555 g/mol. The number of methoxy groups -OCH3 is 6. The number of phenols is 1. The second-order valence-electron chi connectivity index (χ2n) is 9.17. The summed E-state index contributed by atoms with van der Waals surface area (Å²) in [5, 5.41) is 11.3. The molecule has 1 N–H and O–H groups in total. The number of hydrogen-bond donors (Lipinski definition) is 1. The third-order valence-electron chi connectivity index (χ3n) is 6.81. The van der Waals surface area contributed by atoms with Crippen LogP contribution in [0.4, 0.5) is 0 Å².